The Morgan fingerprint density at radius 1 is 1.00 bits per heavy atom. The van der Waals surface area contributed by atoms with Gasteiger partial charge in [-0.1, -0.05) is 35.3 Å². The average molecular weight is 311 g/mol. The van der Waals surface area contributed by atoms with E-state index < -0.39 is 31.2 Å². The summed E-state index contributed by atoms with van der Waals surface area (Å²) in [5, 5.41) is 0. The van der Waals surface area contributed by atoms with Crippen LogP contribution in [0.4, 0.5) is 17.1 Å². The normalized spacial score (nSPS) is 13.8. The van der Waals surface area contributed by atoms with Crippen LogP contribution < -0.4 is 0 Å². The summed E-state index contributed by atoms with van der Waals surface area (Å²) in [5.41, 5.74) is -0.975. The minimum absolute atomic E-state index is 0.519. The molecule has 0 unspecified atom stereocenters. The first-order valence-electron chi connectivity index (χ1n) is 3.96. The lowest BCUT2D eigenvalue weighted by Gasteiger charge is -2.22. The number of rotatable bonds is 3. The van der Waals surface area contributed by atoms with E-state index in [-0.39, 0.29) is 0 Å². The quantitative estimate of drug-likeness (QED) is 0.486. The summed E-state index contributed by atoms with van der Waals surface area (Å²) in [5.74, 6) is -4.26. The van der Waals surface area contributed by atoms with Crippen molar-refractivity contribution in [3.63, 3.8) is 0 Å². The third kappa shape index (κ3) is 3.02. The number of hydrogen-bond donors (Lipinski definition) is 0. The Balaban J connectivity index is 3.21. The van der Waals surface area contributed by atoms with Gasteiger partial charge in [0.1, 0.15) is 0 Å². The van der Waals surface area contributed by atoms with Gasteiger partial charge in [-0.15, -0.1) is 3.89 Å². The van der Waals surface area contributed by atoms with Crippen molar-refractivity contribution in [3.8, 4) is 0 Å². The highest BCUT2D eigenvalue weighted by Crippen LogP contribution is 2.47. The molecule has 0 saturated heterocycles. The lowest BCUT2D eigenvalue weighted by atomic mass is 10.1. The fourth-order valence-corrected chi connectivity index (χ4v) is 1.67. The van der Waals surface area contributed by atoms with Gasteiger partial charge in [0.05, 0.1) is 4.90 Å². The smallest absolute Gasteiger partial charge is 0.201 e. The first-order valence-corrected chi connectivity index (χ1v) is 6.10. The Labute approximate surface area is 104 Å². The molecule has 1 aromatic carbocycles. The zero-order valence-corrected chi connectivity index (χ0v) is 10.1. The zero-order valence-electron chi connectivity index (χ0n) is 7.80. The Bertz CT molecular complexity index is 507. The molecule has 2 nitrogen and oxygen atoms in total. The molecule has 0 radical (unpaired) electrons. The molecule has 0 heterocycles. The van der Waals surface area contributed by atoms with Crippen LogP contribution in [-0.4, -0.2) is 13.0 Å². The fraction of sp³-hybridized carbons (Fsp3) is 0.250. The van der Waals surface area contributed by atoms with Crippen molar-refractivity contribution in [2.45, 2.75) is 15.4 Å². The van der Waals surface area contributed by atoms with E-state index in [1.807, 2.05) is 0 Å². The predicted molar refractivity (Wildman–Crippen MR) is 54.2 cm³/mol. The van der Waals surface area contributed by atoms with Crippen LogP contribution in [0, 0.1) is 0 Å². The highest BCUT2D eigenvalue weighted by molar-refractivity contribution is 7.86. The van der Waals surface area contributed by atoms with E-state index in [4.69, 9.17) is 0 Å². The van der Waals surface area contributed by atoms with Gasteiger partial charge in [0, 0.05) is 5.56 Å². The molecule has 0 bridgehead atoms. The van der Waals surface area contributed by atoms with Crippen molar-refractivity contribution in [2.24, 2.45) is 0 Å². The standard InChI is InChI=1S/C8H4Cl2F4O2S/c9-8(10,13)7(11,12)5-1-3-6(4-2-5)17(14,15)16/h1-4H. The van der Waals surface area contributed by atoms with Crippen molar-refractivity contribution in [1.82, 2.24) is 0 Å². The van der Waals surface area contributed by atoms with Crippen molar-refractivity contribution in [3.05, 3.63) is 29.8 Å². The molecule has 17 heavy (non-hydrogen) atoms. The van der Waals surface area contributed by atoms with E-state index in [1.165, 1.54) is 0 Å². The van der Waals surface area contributed by atoms with E-state index >= 15 is 0 Å². The first kappa shape index (κ1) is 14.5. The predicted octanol–water partition coefficient (Wildman–Crippen LogP) is 3.54. The topological polar surface area (TPSA) is 34.1 Å². The molecular formula is C8H4Cl2F4O2S. The van der Waals surface area contributed by atoms with E-state index in [0.29, 0.717) is 24.3 Å². The molecule has 0 atom stereocenters. The van der Waals surface area contributed by atoms with Crippen LogP contribution >= 0.6 is 23.2 Å². The molecule has 9 heteroatoms. The molecule has 0 N–H and O–H groups in total. The Morgan fingerprint density at radius 2 is 1.41 bits per heavy atom. The molecule has 0 amide bonds. The van der Waals surface area contributed by atoms with Crippen molar-refractivity contribution in [1.29, 1.82) is 0 Å². The van der Waals surface area contributed by atoms with E-state index in [1.54, 1.807) is 0 Å². The number of benzene rings is 1. The molecule has 0 spiro atoms. The summed E-state index contributed by atoms with van der Waals surface area (Å²) in [4.78, 5) is -0.828. The Hall–Kier alpha value is -0.530. The second-order valence-corrected chi connectivity index (χ2v) is 5.62. The number of hydrogen-bond acceptors (Lipinski definition) is 2. The van der Waals surface area contributed by atoms with Crippen LogP contribution in [0.15, 0.2) is 29.2 Å². The lowest BCUT2D eigenvalue weighted by molar-refractivity contribution is -0.0650. The molecule has 0 saturated carbocycles. The zero-order chi connectivity index (χ0) is 13.5. The van der Waals surface area contributed by atoms with Crippen LogP contribution in [-0.2, 0) is 16.1 Å². The molecule has 1 aromatic rings. The minimum Gasteiger partial charge on any atom is -0.201 e. The van der Waals surface area contributed by atoms with Gasteiger partial charge < -0.3 is 0 Å². The van der Waals surface area contributed by atoms with Gasteiger partial charge in [-0.05, 0) is 12.1 Å². The van der Waals surface area contributed by atoms with Gasteiger partial charge in [-0.2, -0.15) is 17.2 Å². The number of alkyl halides is 5. The second-order valence-electron chi connectivity index (χ2n) is 3.03. The summed E-state index contributed by atoms with van der Waals surface area (Å²) >= 11 is 9.29. The molecule has 0 aromatic heterocycles. The fourth-order valence-electron chi connectivity index (χ4n) is 0.990. The average Bonchev–Trinajstić information content (AvgIpc) is 2.15. The van der Waals surface area contributed by atoms with Gasteiger partial charge in [0.2, 0.25) is 0 Å². The van der Waals surface area contributed by atoms with Crippen LogP contribution in [0.2, 0.25) is 0 Å². The molecular weight excluding hydrogens is 307 g/mol. The first-order chi connectivity index (χ1) is 7.46. The molecule has 0 aliphatic heterocycles. The summed E-state index contributed by atoms with van der Waals surface area (Å²) in [6, 6.07) is 2.15. The molecule has 1 rings (SSSR count). The summed E-state index contributed by atoms with van der Waals surface area (Å²) in [7, 11) is -5.01. The van der Waals surface area contributed by atoms with Gasteiger partial charge in [0.25, 0.3) is 0 Å². The van der Waals surface area contributed by atoms with Crippen LogP contribution in [0.3, 0.4) is 0 Å². The van der Waals surface area contributed by atoms with E-state index in [0.717, 1.165) is 0 Å². The molecule has 0 aliphatic carbocycles. The maximum atomic E-state index is 13.2. The number of halogens is 6. The molecule has 0 fully saturated rings. The van der Waals surface area contributed by atoms with Crippen molar-refractivity contribution >= 4 is 33.4 Å². The van der Waals surface area contributed by atoms with Gasteiger partial charge in [-0.3, -0.25) is 0 Å². The third-order valence-electron chi connectivity index (χ3n) is 1.85. The third-order valence-corrected chi connectivity index (χ3v) is 3.16. The Morgan fingerprint density at radius 3 is 1.71 bits per heavy atom. The van der Waals surface area contributed by atoms with E-state index in [2.05, 4.69) is 23.2 Å². The van der Waals surface area contributed by atoms with Crippen molar-refractivity contribution in [2.75, 3.05) is 0 Å². The van der Waals surface area contributed by atoms with Crippen LogP contribution in [0.1, 0.15) is 5.56 Å². The highest BCUT2D eigenvalue weighted by atomic mass is 35.5. The van der Waals surface area contributed by atoms with Gasteiger partial charge >= 0.3 is 20.7 Å². The lowest BCUT2D eigenvalue weighted by Crippen LogP contribution is -2.31. The van der Waals surface area contributed by atoms with E-state index in [9.17, 15) is 25.5 Å². The summed E-state index contributed by atoms with van der Waals surface area (Å²) in [6.07, 6.45) is 0. The maximum absolute atomic E-state index is 13.2. The summed E-state index contributed by atoms with van der Waals surface area (Å²) < 4.78 is 68.6. The molecule has 96 valence electrons. The minimum atomic E-state index is -5.01. The van der Waals surface area contributed by atoms with Gasteiger partial charge in [-0.25, -0.2) is 4.39 Å². The SMILES string of the molecule is O=S(=O)(F)c1ccc(C(F)(F)C(F)(Cl)Cl)cc1. The monoisotopic (exact) mass is 310 g/mol. The highest BCUT2D eigenvalue weighted by Gasteiger charge is 2.54. The molecule has 0 aliphatic rings. The largest absolute Gasteiger partial charge is 0.334 e. The van der Waals surface area contributed by atoms with Crippen LogP contribution in [0.5, 0.6) is 0 Å². The summed E-state index contributed by atoms with van der Waals surface area (Å²) in [6.45, 7) is 0. The van der Waals surface area contributed by atoms with Crippen LogP contribution in [0.25, 0.3) is 0 Å². The Kier molecular flexibility index (Phi) is 3.67. The second kappa shape index (κ2) is 4.29. The van der Waals surface area contributed by atoms with Crippen molar-refractivity contribution < 1.29 is 25.5 Å². The maximum Gasteiger partial charge on any atom is 0.334 e. The van der Waals surface area contributed by atoms with Gasteiger partial charge in [0.15, 0.2) is 0 Å².